The molecule has 0 aliphatic heterocycles. The lowest BCUT2D eigenvalue weighted by molar-refractivity contribution is 0.215. The maximum Gasteiger partial charge on any atom is 0.0901 e. The Hall–Kier alpha value is -0.930. The molecule has 0 fully saturated rings. The van der Waals surface area contributed by atoms with Gasteiger partial charge in [-0.1, -0.05) is 6.08 Å². The van der Waals surface area contributed by atoms with Crippen LogP contribution < -0.4 is 0 Å². The molecule has 14 heavy (non-hydrogen) atoms. The Morgan fingerprint density at radius 1 is 1.79 bits per heavy atom. The van der Waals surface area contributed by atoms with Crippen molar-refractivity contribution in [1.82, 2.24) is 4.98 Å². The van der Waals surface area contributed by atoms with Crippen molar-refractivity contribution in [2.45, 2.75) is 26.4 Å². The number of aliphatic hydroxyl groups excluding tert-OH is 1. The van der Waals surface area contributed by atoms with E-state index < -0.39 is 6.10 Å². The molecule has 1 heterocycles. The van der Waals surface area contributed by atoms with Gasteiger partial charge >= 0.3 is 0 Å². The van der Waals surface area contributed by atoms with Crippen molar-refractivity contribution >= 4 is 17.4 Å². The molecule has 0 aliphatic carbocycles. The van der Waals surface area contributed by atoms with Crippen LogP contribution in [0.4, 0.5) is 0 Å². The van der Waals surface area contributed by atoms with E-state index in [1.165, 1.54) is 0 Å². The van der Waals surface area contributed by atoms with Crippen LogP contribution in [0.2, 0.25) is 0 Å². The monoisotopic (exact) mass is 209 g/mol. The lowest BCUT2D eigenvalue weighted by Gasteiger charge is -2.07. The highest BCUT2D eigenvalue weighted by Gasteiger charge is 2.04. The van der Waals surface area contributed by atoms with E-state index in [0.29, 0.717) is 6.42 Å². The predicted molar refractivity (Wildman–Crippen MR) is 61.3 cm³/mol. The number of aryl methyl sites for hydroxylation is 1. The lowest BCUT2D eigenvalue weighted by Crippen LogP contribution is -2.05. The first-order chi connectivity index (χ1) is 6.63. The molecular weight excluding hydrogens is 194 g/mol. The largest absolute Gasteiger partial charge is 0.388 e. The van der Waals surface area contributed by atoms with Crippen LogP contribution in [-0.2, 0) is 0 Å². The third-order valence-electron chi connectivity index (χ3n) is 1.93. The van der Waals surface area contributed by atoms with E-state index in [1.807, 2.05) is 25.3 Å². The van der Waals surface area contributed by atoms with Crippen LogP contribution in [0.25, 0.3) is 6.08 Å². The Balaban J connectivity index is 2.72. The lowest BCUT2D eigenvalue weighted by atomic mass is 10.1. The van der Waals surface area contributed by atoms with Crippen LogP contribution in [-0.4, -0.2) is 16.2 Å². The summed E-state index contributed by atoms with van der Waals surface area (Å²) in [6.07, 6.45) is 3.78. The van der Waals surface area contributed by atoms with Crippen LogP contribution >= 0.6 is 11.3 Å². The summed E-state index contributed by atoms with van der Waals surface area (Å²) in [6.45, 7) is 7.47. The summed E-state index contributed by atoms with van der Waals surface area (Å²) in [7, 11) is 0. The highest BCUT2D eigenvalue weighted by atomic mass is 32.1. The van der Waals surface area contributed by atoms with Crippen molar-refractivity contribution in [3.05, 3.63) is 34.3 Å². The molecule has 0 saturated carbocycles. The van der Waals surface area contributed by atoms with Crippen LogP contribution in [0, 0.1) is 6.92 Å². The summed E-state index contributed by atoms with van der Waals surface area (Å²) >= 11 is 1.61. The molecule has 0 unspecified atom stereocenters. The average Bonchev–Trinajstić information content (AvgIpc) is 2.51. The van der Waals surface area contributed by atoms with Gasteiger partial charge in [0.1, 0.15) is 0 Å². The van der Waals surface area contributed by atoms with E-state index >= 15 is 0 Å². The van der Waals surface area contributed by atoms with Crippen molar-refractivity contribution < 1.29 is 5.11 Å². The van der Waals surface area contributed by atoms with E-state index in [0.717, 1.165) is 16.3 Å². The first-order valence-corrected chi connectivity index (χ1v) is 5.40. The summed E-state index contributed by atoms with van der Waals surface area (Å²) in [6, 6.07) is 0. The topological polar surface area (TPSA) is 33.1 Å². The standard InChI is InChI=1S/C11H15NOS/c1-4-5-11(13)8(2)6-10-7-14-9(3)12-10/h4,6-7,11,13H,1,5H2,2-3H3/t11-/m0/s1. The van der Waals surface area contributed by atoms with E-state index in [9.17, 15) is 5.11 Å². The Bertz CT molecular complexity index is 341. The normalized spacial score (nSPS) is 14.1. The van der Waals surface area contributed by atoms with Gasteiger partial charge in [0.05, 0.1) is 16.8 Å². The highest BCUT2D eigenvalue weighted by Crippen LogP contribution is 2.14. The molecule has 0 radical (unpaired) electrons. The van der Waals surface area contributed by atoms with Crippen molar-refractivity contribution in [3.8, 4) is 0 Å². The maximum absolute atomic E-state index is 9.62. The molecular formula is C11H15NOS. The number of hydrogen-bond acceptors (Lipinski definition) is 3. The molecule has 1 N–H and O–H groups in total. The number of aliphatic hydroxyl groups is 1. The molecule has 1 aromatic heterocycles. The summed E-state index contributed by atoms with van der Waals surface area (Å²) in [4.78, 5) is 4.30. The molecule has 76 valence electrons. The van der Waals surface area contributed by atoms with Crippen molar-refractivity contribution in [1.29, 1.82) is 0 Å². The van der Waals surface area contributed by atoms with Gasteiger partial charge in [0.25, 0.3) is 0 Å². The van der Waals surface area contributed by atoms with Gasteiger partial charge in [0.15, 0.2) is 0 Å². The smallest absolute Gasteiger partial charge is 0.0901 e. The minimum Gasteiger partial charge on any atom is -0.388 e. The fraction of sp³-hybridized carbons (Fsp3) is 0.364. The first kappa shape index (κ1) is 11.1. The summed E-state index contributed by atoms with van der Waals surface area (Å²) in [5, 5.41) is 12.7. The third-order valence-corrected chi connectivity index (χ3v) is 2.72. The van der Waals surface area contributed by atoms with Crippen LogP contribution in [0.5, 0.6) is 0 Å². The number of rotatable bonds is 4. The fourth-order valence-corrected chi connectivity index (χ4v) is 1.69. The van der Waals surface area contributed by atoms with Gasteiger partial charge in [0.2, 0.25) is 0 Å². The molecule has 1 rings (SSSR count). The van der Waals surface area contributed by atoms with Crippen LogP contribution in [0.1, 0.15) is 24.0 Å². The van der Waals surface area contributed by atoms with Crippen LogP contribution in [0.3, 0.4) is 0 Å². The second-order valence-corrected chi connectivity index (χ2v) is 4.28. The zero-order chi connectivity index (χ0) is 10.6. The quantitative estimate of drug-likeness (QED) is 0.773. The summed E-state index contributed by atoms with van der Waals surface area (Å²) in [5.41, 5.74) is 1.85. The Kier molecular flexibility index (Phi) is 4.04. The van der Waals surface area contributed by atoms with Gasteiger partial charge in [-0.15, -0.1) is 17.9 Å². The molecule has 2 nitrogen and oxygen atoms in total. The molecule has 0 aliphatic rings. The SMILES string of the molecule is C=CC[C@H](O)C(C)=Cc1csc(C)n1. The van der Waals surface area contributed by atoms with Gasteiger partial charge in [-0.2, -0.15) is 0 Å². The summed E-state index contributed by atoms with van der Waals surface area (Å²) in [5.74, 6) is 0. The first-order valence-electron chi connectivity index (χ1n) is 4.52. The molecule has 0 amide bonds. The second kappa shape index (κ2) is 5.08. The fourth-order valence-electron chi connectivity index (χ4n) is 1.12. The van der Waals surface area contributed by atoms with Crippen molar-refractivity contribution in [2.75, 3.05) is 0 Å². The van der Waals surface area contributed by atoms with E-state index in [1.54, 1.807) is 17.4 Å². The third kappa shape index (κ3) is 3.09. The molecule has 0 saturated heterocycles. The highest BCUT2D eigenvalue weighted by molar-refractivity contribution is 7.09. The number of thiazole rings is 1. The summed E-state index contributed by atoms with van der Waals surface area (Å²) < 4.78 is 0. The zero-order valence-electron chi connectivity index (χ0n) is 8.53. The predicted octanol–water partition coefficient (Wildman–Crippen LogP) is 2.79. The number of aromatic nitrogens is 1. The molecule has 0 aromatic carbocycles. The van der Waals surface area contributed by atoms with Gasteiger partial charge in [-0.25, -0.2) is 4.98 Å². The minimum absolute atomic E-state index is 0.436. The van der Waals surface area contributed by atoms with Gasteiger partial charge in [-0.05, 0) is 31.9 Å². The average molecular weight is 209 g/mol. The van der Waals surface area contributed by atoms with Crippen LogP contribution in [0.15, 0.2) is 23.6 Å². The molecule has 0 spiro atoms. The van der Waals surface area contributed by atoms with E-state index in [4.69, 9.17) is 0 Å². The van der Waals surface area contributed by atoms with E-state index in [2.05, 4.69) is 11.6 Å². The second-order valence-electron chi connectivity index (χ2n) is 3.22. The number of nitrogens with zero attached hydrogens (tertiary/aromatic N) is 1. The minimum atomic E-state index is -0.436. The number of hydrogen-bond donors (Lipinski definition) is 1. The Morgan fingerprint density at radius 3 is 3.00 bits per heavy atom. The molecule has 3 heteroatoms. The van der Waals surface area contributed by atoms with Crippen molar-refractivity contribution in [2.24, 2.45) is 0 Å². The zero-order valence-corrected chi connectivity index (χ0v) is 9.34. The van der Waals surface area contributed by atoms with E-state index in [-0.39, 0.29) is 0 Å². The van der Waals surface area contributed by atoms with Crippen molar-refractivity contribution in [3.63, 3.8) is 0 Å². The van der Waals surface area contributed by atoms with Gasteiger partial charge in [0, 0.05) is 5.38 Å². The van der Waals surface area contributed by atoms with Gasteiger partial charge < -0.3 is 5.11 Å². The molecule has 0 bridgehead atoms. The molecule has 1 aromatic rings. The Morgan fingerprint density at radius 2 is 2.50 bits per heavy atom. The Labute approximate surface area is 88.6 Å². The molecule has 1 atom stereocenters. The maximum atomic E-state index is 9.62. The van der Waals surface area contributed by atoms with Gasteiger partial charge in [-0.3, -0.25) is 0 Å².